The van der Waals surface area contributed by atoms with Crippen molar-refractivity contribution in [2.24, 2.45) is 17.5 Å². The molecular weight excluding hydrogens is 401 g/mol. The van der Waals surface area contributed by atoms with Crippen molar-refractivity contribution < 1.29 is 0 Å². The predicted molar refractivity (Wildman–Crippen MR) is 110 cm³/mol. The smallest absolute Gasteiger partial charge is 0.191 e. The number of aliphatic imine (C=N–C) groups is 1. The van der Waals surface area contributed by atoms with E-state index in [1.165, 1.54) is 12.0 Å². The van der Waals surface area contributed by atoms with Crippen molar-refractivity contribution in [1.29, 1.82) is 0 Å². The van der Waals surface area contributed by atoms with Gasteiger partial charge in [0.1, 0.15) is 0 Å². The molecule has 0 spiro atoms. The molecule has 0 aromatic carbocycles. The molecule has 0 aliphatic heterocycles. The quantitative estimate of drug-likeness (QED) is 0.299. The highest BCUT2D eigenvalue weighted by molar-refractivity contribution is 14.0. The molecule has 1 unspecified atom stereocenters. The molecule has 2 N–H and O–H groups in total. The fraction of sp³-hybridized carbons (Fsp3) is 0.765. The maximum Gasteiger partial charge on any atom is 0.191 e. The van der Waals surface area contributed by atoms with Gasteiger partial charge >= 0.3 is 0 Å². The van der Waals surface area contributed by atoms with E-state index in [-0.39, 0.29) is 24.0 Å². The summed E-state index contributed by atoms with van der Waals surface area (Å²) in [7, 11) is 3.78. The number of halogens is 1. The summed E-state index contributed by atoms with van der Waals surface area (Å²) in [6.07, 6.45) is 8.47. The molecule has 6 heteroatoms. The second-order valence-corrected chi connectivity index (χ2v) is 7.27. The Hall–Kier alpha value is -0.790. The zero-order valence-corrected chi connectivity index (χ0v) is 17.8. The van der Waals surface area contributed by atoms with Gasteiger partial charge in [0, 0.05) is 32.9 Å². The Kier molecular flexibility index (Phi) is 10.5. The molecule has 1 heterocycles. The van der Waals surface area contributed by atoms with Crippen molar-refractivity contribution in [3.05, 3.63) is 18.0 Å². The van der Waals surface area contributed by atoms with E-state index in [2.05, 4.69) is 54.6 Å². The number of aromatic nitrogens is 2. The number of nitrogens with zero attached hydrogens (tertiary/aromatic N) is 3. The first-order valence-electron chi connectivity index (χ1n) is 8.25. The van der Waals surface area contributed by atoms with Crippen molar-refractivity contribution in [3.63, 3.8) is 0 Å². The molecule has 0 aliphatic carbocycles. The number of aryl methyl sites for hydroxylation is 2. The predicted octanol–water partition coefficient (Wildman–Crippen LogP) is 3.35. The largest absolute Gasteiger partial charge is 0.356 e. The number of nitrogens with one attached hydrogen (secondary N) is 2. The third kappa shape index (κ3) is 10.6. The molecule has 23 heavy (non-hydrogen) atoms. The SMILES string of the molecule is CN=C(NCCCc1cnn(C)c1)NC(C)CCC(C)(C)C.I. The standard InChI is InChI=1S/C17H33N5.HI/c1-14(9-10-17(2,3)4)21-16(18-5)19-11-7-8-15-12-20-22(6)13-15;/h12-14H,7-11H2,1-6H3,(H2,18,19,21);1H. The van der Waals surface area contributed by atoms with Crippen LogP contribution in [0.2, 0.25) is 0 Å². The Balaban J connectivity index is 0.00000484. The zero-order valence-electron chi connectivity index (χ0n) is 15.5. The van der Waals surface area contributed by atoms with Crippen LogP contribution in [0.1, 0.15) is 52.5 Å². The molecule has 0 saturated heterocycles. The van der Waals surface area contributed by atoms with Crippen LogP contribution in [0.25, 0.3) is 0 Å². The topological polar surface area (TPSA) is 54.2 Å². The van der Waals surface area contributed by atoms with Crippen molar-refractivity contribution in [1.82, 2.24) is 20.4 Å². The van der Waals surface area contributed by atoms with E-state index < -0.39 is 0 Å². The Bertz CT molecular complexity index is 462. The van der Waals surface area contributed by atoms with E-state index in [1.54, 1.807) is 0 Å². The Morgan fingerprint density at radius 3 is 2.61 bits per heavy atom. The van der Waals surface area contributed by atoms with Gasteiger partial charge in [-0.1, -0.05) is 20.8 Å². The monoisotopic (exact) mass is 435 g/mol. The van der Waals surface area contributed by atoms with Crippen LogP contribution in [-0.4, -0.2) is 35.4 Å². The lowest BCUT2D eigenvalue weighted by Gasteiger charge is -2.23. The van der Waals surface area contributed by atoms with Gasteiger partial charge in [-0.05, 0) is 43.6 Å². The first kappa shape index (κ1) is 22.2. The molecule has 0 amide bonds. The zero-order chi connectivity index (χ0) is 16.6. The second-order valence-electron chi connectivity index (χ2n) is 7.27. The van der Waals surface area contributed by atoms with Crippen LogP contribution in [0, 0.1) is 5.41 Å². The molecule has 5 nitrogen and oxygen atoms in total. The summed E-state index contributed by atoms with van der Waals surface area (Å²) in [6.45, 7) is 9.98. The fourth-order valence-electron chi connectivity index (χ4n) is 2.25. The van der Waals surface area contributed by atoms with Gasteiger partial charge in [-0.15, -0.1) is 24.0 Å². The highest BCUT2D eigenvalue weighted by atomic mass is 127. The van der Waals surface area contributed by atoms with Crippen molar-refractivity contribution in [2.45, 2.75) is 59.4 Å². The maximum absolute atomic E-state index is 4.30. The first-order chi connectivity index (χ1) is 10.3. The van der Waals surface area contributed by atoms with E-state index in [0.29, 0.717) is 11.5 Å². The summed E-state index contributed by atoms with van der Waals surface area (Å²) in [5, 5.41) is 11.0. The number of hydrogen-bond donors (Lipinski definition) is 2. The maximum atomic E-state index is 4.30. The van der Waals surface area contributed by atoms with Gasteiger partial charge in [0.25, 0.3) is 0 Å². The third-order valence-corrected chi connectivity index (χ3v) is 3.63. The van der Waals surface area contributed by atoms with E-state index in [0.717, 1.165) is 31.8 Å². The minimum absolute atomic E-state index is 0. The van der Waals surface area contributed by atoms with E-state index in [4.69, 9.17) is 0 Å². The van der Waals surface area contributed by atoms with Crippen LogP contribution in [0.3, 0.4) is 0 Å². The molecule has 0 aliphatic rings. The molecule has 1 atom stereocenters. The summed E-state index contributed by atoms with van der Waals surface area (Å²) in [6, 6.07) is 0.434. The van der Waals surface area contributed by atoms with E-state index in [9.17, 15) is 0 Å². The van der Waals surface area contributed by atoms with Crippen molar-refractivity contribution >= 4 is 29.9 Å². The molecule has 1 rings (SSSR count). The number of guanidine groups is 1. The van der Waals surface area contributed by atoms with Crippen LogP contribution < -0.4 is 10.6 Å². The van der Waals surface area contributed by atoms with Gasteiger partial charge in [-0.2, -0.15) is 5.10 Å². The van der Waals surface area contributed by atoms with Crippen LogP contribution in [0.4, 0.5) is 0 Å². The summed E-state index contributed by atoms with van der Waals surface area (Å²) in [4.78, 5) is 4.30. The lowest BCUT2D eigenvalue weighted by atomic mass is 9.89. The number of rotatable bonds is 7. The molecule has 1 aromatic rings. The van der Waals surface area contributed by atoms with Gasteiger partial charge in [0.15, 0.2) is 5.96 Å². The average molecular weight is 435 g/mol. The van der Waals surface area contributed by atoms with Gasteiger partial charge in [-0.3, -0.25) is 9.67 Å². The van der Waals surface area contributed by atoms with E-state index >= 15 is 0 Å². The third-order valence-electron chi connectivity index (χ3n) is 3.63. The molecule has 0 saturated carbocycles. The molecule has 0 fully saturated rings. The molecule has 0 radical (unpaired) electrons. The summed E-state index contributed by atoms with van der Waals surface area (Å²) >= 11 is 0. The minimum atomic E-state index is 0. The lowest BCUT2D eigenvalue weighted by Crippen LogP contribution is -2.42. The van der Waals surface area contributed by atoms with Crippen molar-refractivity contribution in [2.75, 3.05) is 13.6 Å². The highest BCUT2D eigenvalue weighted by Crippen LogP contribution is 2.21. The Morgan fingerprint density at radius 1 is 1.39 bits per heavy atom. The first-order valence-corrected chi connectivity index (χ1v) is 8.25. The summed E-state index contributed by atoms with van der Waals surface area (Å²) in [5.74, 6) is 0.896. The molecule has 0 bridgehead atoms. The highest BCUT2D eigenvalue weighted by Gasteiger charge is 2.13. The van der Waals surface area contributed by atoms with Crippen LogP contribution in [0.5, 0.6) is 0 Å². The van der Waals surface area contributed by atoms with Gasteiger partial charge in [0.2, 0.25) is 0 Å². The summed E-state index contributed by atoms with van der Waals surface area (Å²) < 4.78 is 1.85. The normalized spacial score (nSPS) is 13.4. The van der Waals surface area contributed by atoms with Gasteiger partial charge in [-0.25, -0.2) is 0 Å². The Labute approximate surface area is 158 Å². The lowest BCUT2D eigenvalue weighted by molar-refractivity contribution is 0.346. The van der Waals surface area contributed by atoms with E-state index in [1.807, 2.05) is 25.0 Å². The molecule has 134 valence electrons. The van der Waals surface area contributed by atoms with Crippen LogP contribution >= 0.6 is 24.0 Å². The minimum Gasteiger partial charge on any atom is -0.356 e. The second kappa shape index (κ2) is 10.9. The number of hydrogen-bond acceptors (Lipinski definition) is 2. The van der Waals surface area contributed by atoms with Crippen LogP contribution in [0.15, 0.2) is 17.4 Å². The average Bonchev–Trinajstić information content (AvgIpc) is 2.85. The van der Waals surface area contributed by atoms with Gasteiger partial charge < -0.3 is 10.6 Å². The summed E-state index contributed by atoms with van der Waals surface area (Å²) in [5.41, 5.74) is 1.67. The van der Waals surface area contributed by atoms with Crippen LogP contribution in [-0.2, 0) is 13.5 Å². The fourth-order valence-corrected chi connectivity index (χ4v) is 2.25. The molecule has 1 aromatic heterocycles. The van der Waals surface area contributed by atoms with Crippen molar-refractivity contribution in [3.8, 4) is 0 Å². The molecular formula is C17H34IN5. The Morgan fingerprint density at radius 2 is 2.09 bits per heavy atom. The van der Waals surface area contributed by atoms with Gasteiger partial charge in [0.05, 0.1) is 6.20 Å².